The lowest BCUT2D eigenvalue weighted by molar-refractivity contribution is 0.175. The van der Waals surface area contributed by atoms with Crippen LogP contribution in [0.5, 0.6) is 0 Å². The molecular weight excluding hydrogens is 282 g/mol. The van der Waals surface area contributed by atoms with Gasteiger partial charge in [-0.05, 0) is 51.8 Å². The van der Waals surface area contributed by atoms with Crippen LogP contribution < -0.4 is 0 Å². The molecule has 2 heterocycles. The Labute approximate surface area is 131 Å². The normalized spacial score (nSPS) is 19.2. The smallest absolute Gasteiger partial charge is 0.0843 e. The summed E-state index contributed by atoms with van der Waals surface area (Å²) >= 11 is 6.23. The lowest BCUT2D eigenvalue weighted by atomic mass is 9.94. The average molecular weight is 306 g/mol. The van der Waals surface area contributed by atoms with E-state index in [9.17, 15) is 0 Å². The van der Waals surface area contributed by atoms with Crippen LogP contribution in [0.3, 0.4) is 0 Å². The summed E-state index contributed by atoms with van der Waals surface area (Å²) in [5.41, 5.74) is 2.46. The van der Waals surface area contributed by atoms with Crippen LogP contribution in [-0.2, 0) is 13.1 Å². The van der Waals surface area contributed by atoms with Crippen molar-refractivity contribution in [3.8, 4) is 0 Å². The van der Waals surface area contributed by atoms with Gasteiger partial charge in [-0.2, -0.15) is 5.10 Å². The van der Waals surface area contributed by atoms with E-state index in [1.807, 2.05) is 0 Å². The van der Waals surface area contributed by atoms with Gasteiger partial charge in [0.1, 0.15) is 0 Å². The van der Waals surface area contributed by atoms with Crippen molar-refractivity contribution in [2.45, 2.75) is 45.2 Å². The molecule has 0 aliphatic carbocycles. The van der Waals surface area contributed by atoms with Crippen LogP contribution in [0.1, 0.15) is 32.4 Å². The van der Waals surface area contributed by atoms with E-state index in [0.717, 1.165) is 26.2 Å². The number of hydrogen-bond acceptors (Lipinski definition) is 2. The first-order valence-corrected chi connectivity index (χ1v) is 8.43. The number of alkyl halides is 1. The summed E-state index contributed by atoms with van der Waals surface area (Å²) in [5, 5.41) is 6.40. The van der Waals surface area contributed by atoms with Gasteiger partial charge in [0.2, 0.25) is 0 Å². The molecule has 1 atom stereocenters. The van der Waals surface area contributed by atoms with Crippen molar-refractivity contribution in [3.63, 3.8) is 0 Å². The van der Waals surface area contributed by atoms with Crippen molar-refractivity contribution >= 4 is 22.5 Å². The molecule has 0 spiro atoms. The molecule has 1 aromatic carbocycles. The minimum absolute atomic E-state index is 0.298. The highest BCUT2D eigenvalue weighted by atomic mass is 35.5. The van der Waals surface area contributed by atoms with Gasteiger partial charge >= 0.3 is 0 Å². The summed E-state index contributed by atoms with van der Waals surface area (Å²) in [7, 11) is 0. The third-order valence-electron chi connectivity index (χ3n) is 4.69. The number of nitrogens with zero attached hydrogens (tertiary/aromatic N) is 3. The van der Waals surface area contributed by atoms with Crippen molar-refractivity contribution in [1.82, 2.24) is 14.7 Å². The number of likely N-dealkylation sites (tertiary alicyclic amines) is 1. The number of aryl methyl sites for hydroxylation is 1. The Morgan fingerprint density at radius 3 is 2.67 bits per heavy atom. The van der Waals surface area contributed by atoms with Crippen molar-refractivity contribution in [2.75, 3.05) is 13.1 Å². The maximum absolute atomic E-state index is 6.23. The Morgan fingerprint density at radius 1 is 1.29 bits per heavy atom. The molecule has 1 aliphatic rings. The van der Waals surface area contributed by atoms with Crippen LogP contribution in [0, 0.1) is 5.92 Å². The number of halogens is 1. The van der Waals surface area contributed by atoms with Crippen molar-refractivity contribution < 1.29 is 0 Å². The molecule has 3 nitrogen and oxygen atoms in total. The molecule has 2 aromatic rings. The first-order valence-electron chi connectivity index (χ1n) is 8.00. The quantitative estimate of drug-likeness (QED) is 0.799. The predicted molar refractivity (Wildman–Crippen MR) is 88.7 cm³/mol. The molecule has 0 amide bonds. The largest absolute Gasteiger partial charge is 0.297 e. The highest BCUT2D eigenvalue weighted by molar-refractivity contribution is 6.20. The fourth-order valence-electron chi connectivity index (χ4n) is 3.34. The van der Waals surface area contributed by atoms with Gasteiger partial charge in [-0.15, -0.1) is 11.6 Å². The van der Waals surface area contributed by atoms with Crippen molar-refractivity contribution in [1.29, 1.82) is 0 Å². The second-order valence-electron chi connectivity index (χ2n) is 6.07. The molecule has 1 aliphatic heterocycles. The lowest BCUT2D eigenvalue weighted by Crippen LogP contribution is -2.35. The fraction of sp³-hybridized carbons (Fsp3) is 0.588. The summed E-state index contributed by atoms with van der Waals surface area (Å²) in [6.45, 7) is 8.42. The molecule has 1 saturated heterocycles. The van der Waals surface area contributed by atoms with Crippen LogP contribution >= 0.6 is 11.6 Å². The lowest BCUT2D eigenvalue weighted by Gasteiger charge is -2.32. The van der Waals surface area contributed by atoms with E-state index in [4.69, 9.17) is 16.7 Å². The third-order valence-corrected chi connectivity index (χ3v) is 5.05. The van der Waals surface area contributed by atoms with Gasteiger partial charge in [0.25, 0.3) is 0 Å². The van der Waals surface area contributed by atoms with Crippen molar-refractivity contribution in [2.24, 2.45) is 5.92 Å². The third kappa shape index (κ3) is 3.09. The topological polar surface area (TPSA) is 21.1 Å². The summed E-state index contributed by atoms with van der Waals surface area (Å²) in [5.74, 6) is 0.674. The molecule has 1 fully saturated rings. The predicted octanol–water partition coefficient (Wildman–Crippen LogP) is 3.90. The van der Waals surface area contributed by atoms with Crippen LogP contribution in [-0.4, -0.2) is 33.1 Å². The standard InChI is InChI=1S/C17H24ClN3/c1-3-21-17-7-5-4-6-15(17)16(19-21)12-20-10-8-14(9-11-20)13(2)18/h4-7,13-14H,3,8-12H2,1-2H3. The number of aromatic nitrogens is 2. The Bertz CT molecular complexity index is 597. The van der Waals surface area contributed by atoms with Crippen LogP contribution in [0.15, 0.2) is 24.3 Å². The van der Waals surface area contributed by atoms with E-state index < -0.39 is 0 Å². The maximum Gasteiger partial charge on any atom is 0.0843 e. The van der Waals surface area contributed by atoms with Crippen LogP contribution in [0.2, 0.25) is 0 Å². The molecule has 0 saturated carbocycles. The molecule has 114 valence electrons. The molecule has 1 unspecified atom stereocenters. The summed E-state index contributed by atoms with van der Waals surface area (Å²) < 4.78 is 2.11. The molecule has 0 N–H and O–H groups in total. The van der Waals surface area contributed by atoms with Gasteiger partial charge in [0.05, 0.1) is 11.2 Å². The highest BCUT2D eigenvalue weighted by Gasteiger charge is 2.23. The SMILES string of the molecule is CCn1nc(CN2CCC(C(C)Cl)CC2)c2ccccc21. The van der Waals surface area contributed by atoms with E-state index in [1.165, 1.54) is 29.4 Å². The zero-order chi connectivity index (χ0) is 14.8. The minimum atomic E-state index is 0.298. The van der Waals surface area contributed by atoms with Crippen molar-refractivity contribution in [3.05, 3.63) is 30.0 Å². The Kier molecular flexibility index (Phi) is 4.51. The second kappa shape index (κ2) is 6.37. The second-order valence-corrected chi connectivity index (χ2v) is 6.76. The zero-order valence-corrected chi connectivity index (χ0v) is 13.7. The summed E-state index contributed by atoms with van der Waals surface area (Å²) in [6, 6.07) is 8.55. The van der Waals surface area contributed by atoms with E-state index in [-0.39, 0.29) is 0 Å². The number of piperidine rings is 1. The Morgan fingerprint density at radius 2 is 2.00 bits per heavy atom. The minimum Gasteiger partial charge on any atom is -0.297 e. The molecular formula is C17H24ClN3. The summed E-state index contributed by atoms with van der Waals surface area (Å²) in [6.07, 6.45) is 2.41. The summed E-state index contributed by atoms with van der Waals surface area (Å²) in [4.78, 5) is 2.52. The molecule has 4 heteroatoms. The van der Waals surface area contributed by atoms with Gasteiger partial charge in [0.15, 0.2) is 0 Å². The number of fused-ring (bicyclic) bond motifs is 1. The zero-order valence-electron chi connectivity index (χ0n) is 12.9. The number of para-hydroxylation sites is 1. The van der Waals surface area contributed by atoms with Crippen LogP contribution in [0.25, 0.3) is 10.9 Å². The average Bonchev–Trinajstić information content (AvgIpc) is 2.86. The number of rotatable bonds is 4. The molecule has 0 radical (unpaired) electrons. The Hall–Kier alpha value is -1.06. The van der Waals surface area contributed by atoms with Gasteiger partial charge in [-0.25, -0.2) is 0 Å². The number of benzene rings is 1. The van der Waals surface area contributed by atoms with E-state index >= 15 is 0 Å². The van der Waals surface area contributed by atoms with Gasteiger partial charge in [0, 0.05) is 23.9 Å². The highest BCUT2D eigenvalue weighted by Crippen LogP contribution is 2.26. The van der Waals surface area contributed by atoms with Gasteiger partial charge in [-0.3, -0.25) is 9.58 Å². The van der Waals surface area contributed by atoms with E-state index in [0.29, 0.717) is 11.3 Å². The molecule has 3 rings (SSSR count). The van der Waals surface area contributed by atoms with Crippen LogP contribution in [0.4, 0.5) is 0 Å². The first-order chi connectivity index (χ1) is 10.2. The maximum atomic E-state index is 6.23. The fourth-order valence-corrected chi connectivity index (χ4v) is 3.59. The number of hydrogen-bond donors (Lipinski definition) is 0. The Balaban J connectivity index is 1.74. The van der Waals surface area contributed by atoms with E-state index in [1.54, 1.807) is 0 Å². The molecule has 0 bridgehead atoms. The van der Waals surface area contributed by atoms with Gasteiger partial charge in [-0.1, -0.05) is 18.2 Å². The first kappa shape index (κ1) is 14.9. The molecule has 21 heavy (non-hydrogen) atoms. The van der Waals surface area contributed by atoms with Gasteiger partial charge < -0.3 is 0 Å². The van der Waals surface area contributed by atoms with E-state index in [2.05, 4.69) is 47.7 Å². The monoisotopic (exact) mass is 305 g/mol. The molecule has 1 aromatic heterocycles.